The second-order valence-corrected chi connectivity index (χ2v) is 6.85. The Labute approximate surface area is 137 Å². The van der Waals surface area contributed by atoms with Gasteiger partial charge in [-0.1, -0.05) is 30.3 Å². The minimum absolute atomic E-state index is 0. The molecule has 3 aliphatic rings. The standard InChI is InChI=1S/C17H24NO2.BrH/c19-16-15-7-4-9-18(15,11-13-5-2-1-3-6-13)12-14-8-10-20-17(14)16;/h1-3,5-6,14-17,19H,4,7-12H2;1H/q+1;/p-1/t14-,15-,16+,17-,18-;/m0./s1. The summed E-state index contributed by atoms with van der Waals surface area (Å²) in [6.07, 6.45) is 3.38. The zero-order valence-electron chi connectivity index (χ0n) is 12.3. The maximum Gasteiger partial charge on any atom is 0.132 e. The summed E-state index contributed by atoms with van der Waals surface area (Å²) in [7, 11) is 0. The van der Waals surface area contributed by atoms with Gasteiger partial charge < -0.3 is 31.3 Å². The van der Waals surface area contributed by atoms with Crippen LogP contribution in [0.5, 0.6) is 0 Å². The van der Waals surface area contributed by atoms with E-state index in [2.05, 4.69) is 30.3 Å². The maximum absolute atomic E-state index is 10.8. The zero-order valence-corrected chi connectivity index (χ0v) is 13.9. The molecule has 3 aliphatic heterocycles. The summed E-state index contributed by atoms with van der Waals surface area (Å²) < 4.78 is 6.91. The highest BCUT2D eigenvalue weighted by atomic mass is 79.9. The summed E-state index contributed by atoms with van der Waals surface area (Å²) in [5, 5.41) is 10.8. The van der Waals surface area contributed by atoms with Crippen molar-refractivity contribution in [2.45, 2.75) is 44.1 Å². The number of halogens is 1. The first-order valence-electron chi connectivity index (χ1n) is 7.98. The highest BCUT2D eigenvalue weighted by Gasteiger charge is 2.56. The molecular weight excluding hydrogens is 330 g/mol. The first kappa shape index (κ1) is 15.5. The molecule has 4 rings (SSSR count). The zero-order chi connectivity index (χ0) is 13.6. The lowest BCUT2D eigenvalue weighted by atomic mass is 9.85. The largest absolute Gasteiger partial charge is 1.00 e. The summed E-state index contributed by atoms with van der Waals surface area (Å²) >= 11 is 0. The molecule has 1 N–H and O–H groups in total. The van der Waals surface area contributed by atoms with Gasteiger partial charge in [-0.3, -0.25) is 0 Å². The molecule has 3 saturated heterocycles. The van der Waals surface area contributed by atoms with E-state index in [9.17, 15) is 5.11 Å². The molecule has 0 bridgehead atoms. The van der Waals surface area contributed by atoms with Gasteiger partial charge in [0.1, 0.15) is 18.7 Å². The van der Waals surface area contributed by atoms with Crippen LogP contribution in [0.2, 0.25) is 0 Å². The number of fused-ring (bicyclic) bond motifs is 2. The number of rotatable bonds is 2. The quantitative estimate of drug-likeness (QED) is 0.687. The highest BCUT2D eigenvalue weighted by Crippen LogP contribution is 2.43. The second-order valence-electron chi connectivity index (χ2n) is 6.85. The number of hydrogen-bond donors (Lipinski definition) is 1. The predicted molar refractivity (Wildman–Crippen MR) is 77.0 cm³/mol. The second kappa shape index (κ2) is 5.99. The van der Waals surface area contributed by atoms with E-state index in [-0.39, 0.29) is 29.2 Å². The topological polar surface area (TPSA) is 29.5 Å². The number of ether oxygens (including phenoxy) is 1. The van der Waals surface area contributed by atoms with Crippen LogP contribution in [0.4, 0.5) is 0 Å². The van der Waals surface area contributed by atoms with Crippen molar-refractivity contribution in [3.63, 3.8) is 0 Å². The van der Waals surface area contributed by atoms with Crippen molar-refractivity contribution in [1.82, 2.24) is 0 Å². The Balaban J connectivity index is 0.00000132. The fraction of sp³-hybridized carbons (Fsp3) is 0.647. The number of nitrogens with zero attached hydrogens (tertiary/aromatic N) is 1. The summed E-state index contributed by atoms with van der Waals surface area (Å²) in [5.41, 5.74) is 1.41. The number of benzene rings is 1. The molecule has 0 spiro atoms. The van der Waals surface area contributed by atoms with Crippen LogP contribution in [0.1, 0.15) is 24.8 Å². The van der Waals surface area contributed by atoms with E-state index < -0.39 is 0 Å². The molecule has 0 unspecified atom stereocenters. The Kier molecular flexibility index (Phi) is 4.42. The molecule has 0 aromatic heterocycles. The van der Waals surface area contributed by atoms with E-state index in [1.54, 1.807) is 0 Å². The number of quaternary nitrogens is 1. The van der Waals surface area contributed by atoms with E-state index >= 15 is 0 Å². The molecule has 5 atom stereocenters. The van der Waals surface area contributed by atoms with Crippen molar-refractivity contribution in [2.75, 3.05) is 19.7 Å². The molecule has 0 saturated carbocycles. The third-order valence-corrected chi connectivity index (χ3v) is 5.74. The Morgan fingerprint density at radius 2 is 2.00 bits per heavy atom. The summed E-state index contributed by atoms with van der Waals surface area (Å²) in [4.78, 5) is 0. The van der Waals surface area contributed by atoms with Gasteiger partial charge in [0, 0.05) is 30.9 Å². The van der Waals surface area contributed by atoms with Gasteiger partial charge in [0.05, 0.1) is 19.2 Å². The lowest BCUT2D eigenvalue weighted by Crippen LogP contribution is -3.00. The van der Waals surface area contributed by atoms with Gasteiger partial charge in [0.2, 0.25) is 0 Å². The first-order valence-corrected chi connectivity index (χ1v) is 7.98. The van der Waals surface area contributed by atoms with Gasteiger partial charge in [0.15, 0.2) is 0 Å². The SMILES string of the molecule is O[C@H]1[C@H]2OCC[C@H]2C[N@@+]2(Cc3ccccc3)CCC[C@@H]12.[Br-]. The van der Waals surface area contributed by atoms with Crippen LogP contribution in [0.3, 0.4) is 0 Å². The van der Waals surface area contributed by atoms with Crippen molar-refractivity contribution >= 4 is 0 Å². The highest BCUT2D eigenvalue weighted by molar-refractivity contribution is 5.14. The molecule has 0 aliphatic carbocycles. The van der Waals surface area contributed by atoms with E-state index in [1.807, 2.05) is 0 Å². The Morgan fingerprint density at radius 3 is 2.81 bits per heavy atom. The number of piperidine rings is 1. The number of aliphatic hydroxyl groups excluding tert-OH is 1. The van der Waals surface area contributed by atoms with Crippen LogP contribution in [0.25, 0.3) is 0 Å². The van der Waals surface area contributed by atoms with E-state index in [1.165, 1.54) is 25.1 Å². The van der Waals surface area contributed by atoms with Crippen molar-refractivity contribution in [3.05, 3.63) is 35.9 Å². The fourth-order valence-corrected chi connectivity index (χ4v) is 4.90. The monoisotopic (exact) mass is 353 g/mol. The molecule has 116 valence electrons. The molecule has 3 fully saturated rings. The molecule has 1 aromatic rings. The lowest BCUT2D eigenvalue weighted by Gasteiger charge is -2.49. The molecule has 0 amide bonds. The Morgan fingerprint density at radius 1 is 1.19 bits per heavy atom. The maximum atomic E-state index is 10.8. The van der Waals surface area contributed by atoms with Gasteiger partial charge in [-0.05, 0) is 6.42 Å². The minimum atomic E-state index is -0.262. The summed E-state index contributed by atoms with van der Waals surface area (Å²) in [6.45, 7) is 4.33. The molecule has 0 radical (unpaired) electrons. The number of aliphatic hydroxyl groups is 1. The Bertz CT molecular complexity index is 483. The summed E-state index contributed by atoms with van der Waals surface area (Å²) in [5.74, 6) is 0.558. The van der Waals surface area contributed by atoms with Gasteiger partial charge in [-0.25, -0.2) is 0 Å². The third kappa shape index (κ3) is 2.56. The van der Waals surface area contributed by atoms with Crippen molar-refractivity contribution in [3.8, 4) is 0 Å². The average Bonchev–Trinajstić information content (AvgIpc) is 3.07. The third-order valence-electron chi connectivity index (χ3n) is 5.74. The van der Waals surface area contributed by atoms with Gasteiger partial charge in [-0.15, -0.1) is 0 Å². The molecule has 4 heteroatoms. The van der Waals surface area contributed by atoms with Crippen molar-refractivity contribution < 1.29 is 31.3 Å². The summed E-state index contributed by atoms with van der Waals surface area (Å²) in [6, 6.07) is 11.2. The van der Waals surface area contributed by atoms with Crippen LogP contribution in [0, 0.1) is 5.92 Å². The molecule has 1 aromatic carbocycles. The van der Waals surface area contributed by atoms with Crippen LogP contribution >= 0.6 is 0 Å². The number of hydrogen-bond acceptors (Lipinski definition) is 2. The van der Waals surface area contributed by atoms with E-state index in [4.69, 9.17) is 4.74 Å². The van der Waals surface area contributed by atoms with Crippen LogP contribution < -0.4 is 17.0 Å². The van der Waals surface area contributed by atoms with E-state index in [0.717, 1.165) is 30.5 Å². The predicted octanol–water partition coefficient (Wildman–Crippen LogP) is -1.05. The van der Waals surface area contributed by atoms with Crippen LogP contribution in [0.15, 0.2) is 30.3 Å². The average molecular weight is 354 g/mol. The van der Waals surface area contributed by atoms with E-state index in [0.29, 0.717) is 12.0 Å². The lowest BCUT2D eigenvalue weighted by molar-refractivity contribution is -0.963. The molecule has 21 heavy (non-hydrogen) atoms. The fourth-order valence-electron chi connectivity index (χ4n) is 4.90. The van der Waals surface area contributed by atoms with Gasteiger partial charge >= 0.3 is 0 Å². The Hall–Kier alpha value is -0.420. The normalized spacial score (nSPS) is 41.2. The molecular formula is C17H24BrNO2. The smallest absolute Gasteiger partial charge is 0.132 e. The van der Waals surface area contributed by atoms with Gasteiger partial charge in [0.25, 0.3) is 0 Å². The van der Waals surface area contributed by atoms with Gasteiger partial charge in [-0.2, -0.15) is 0 Å². The minimum Gasteiger partial charge on any atom is -1.00 e. The first-order chi connectivity index (χ1) is 9.78. The molecule has 3 nitrogen and oxygen atoms in total. The van der Waals surface area contributed by atoms with Crippen LogP contribution in [-0.4, -0.2) is 47.5 Å². The molecule has 3 heterocycles. The van der Waals surface area contributed by atoms with Crippen LogP contribution in [-0.2, 0) is 11.3 Å². The van der Waals surface area contributed by atoms with Crippen molar-refractivity contribution in [2.24, 2.45) is 5.92 Å². The van der Waals surface area contributed by atoms with Crippen molar-refractivity contribution in [1.29, 1.82) is 0 Å².